The number of rotatable bonds is 0. The van der Waals surface area contributed by atoms with E-state index in [1.807, 2.05) is 19.9 Å². The molecule has 2 aromatic heterocycles. The molecule has 72 valence electrons. The summed E-state index contributed by atoms with van der Waals surface area (Å²) in [7, 11) is 0. The van der Waals surface area contributed by atoms with Crippen LogP contribution in [0.15, 0.2) is 12.1 Å². The van der Waals surface area contributed by atoms with Gasteiger partial charge in [-0.3, -0.25) is 0 Å². The molecule has 0 aliphatic heterocycles. The Morgan fingerprint density at radius 3 is 2.50 bits per heavy atom. The van der Waals surface area contributed by atoms with Gasteiger partial charge in [-0.25, -0.2) is 9.97 Å². The fraction of sp³-hybridized carbons (Fsp3) is 0.200. The van der Waals surface area contributed by atoms with Gasteiger partial charge in [-0.1, -0.05) is 23.2 Å². The van der Waals surface area contributed by atoms with Crippen LogP contribution in [0.3, 0.4) is 0 Å². The summed E-state index contributed by atoms with van der Waals surface area (Å²) in [5.74, 6) is 0. The van der Waals surface area contributed by atoms with E-state index in [1.165, 1.54) is 0 Å². The molecule has 0 saturated carbocycles. The van der Waals surface area contributed by atoms with Gasteiger partial charge in [0.2, 0.25) is 0 Å². The predicted molar refractivity (Wildman–Crippen MR) is 59.0 cm³/mol. The molecule has 0 fully saturated rings. The largest absolute Gasteiger partial charge is 0.233 e. The molecule has 0 amide bonds. The Labute approximate surface area is 91.9 Å². The van der Waals surface area contributed by atoms with Crippen LogP contribution < -0.4 is 0 Å². The quantitative estimate of drug-likeness (QED) is 0.643. The minimum Gasteiger partial charge on any atom is -0.233 e. The lowest BCUT2D eigenvalue weighted by Gasteiger charge is -2.04. The van der Waals surface area contributed by atoms with Gasteiger partial charge < -0.3 is 0 Å². The van der Waals surface area contributed by atoms with Crippen LogP contribution in [-0.4, -0.2) is 9.97 Å². The highest BCUT2D eigenvalue weighted by molar-refractivity contribution is 6.41. The van der Waals surface area contributed by atoms with Gasteiger partial charge in [0.05, 0.1) is 5.02 Å². The van der Waals surface area contributed by atoms with E-state index in [0.29, 0.717) is 15.8 Å². The zero-order valence-electron chi connectivity index (χ0n) is 7.81. The molecule has 0 aliphatic carbocycles. The molecule has 0 spiro atoms. The smallest absolute Gasteiger partial charge is 0.161 e. The van der Waals surface area contributed by atoms with Gasteiger partial charge >= 0.3 is 0 Å². The predicted octanol–water partition coefficient (Wildman–Crippen LogP) is 3.55. The molecule has 0 bridgehead atoms. The van der Waals surface area contributed by atoms with Gasteiger partial charge in [0.15, 0.2) is 5.65 Å². The van der Waals surface area contributed by atoms with Gasteiger partial charge in [0.25, 0.3) is 0 Å². The summed E-state index contributed by atoms with van der Waals surface area (Å²) >= 11 is 11.7. The molecule has 14 heavy (non-hydrogen) atoms. The van der Waals surface area contributed by atoms with Crippen molar-refractivity contribution < 1.29 is 0 Å². The molecule has 0 aromatic carbocycles. The van der Waals surface area contributed by atoms with Crippen molar-refractivity contribution in [2.45, 2.75) is 13.8 Å². The molecule has 2 nitrogen and oxygen atoms in total. The van der Waals surface area contributed by atoms with E-state index < -0.39 is 0 Å². The molecule has 0 aliphatic rings. The summed E-state index contributed by atoms with van der Waals surface area (Å²) in [6.07, 6.45) is 0. The highest BCUT2D eigenvalue weighted by atomic mass is 35.5. The highest BCUT2D eigenvalue weighted by Gasteiger charge is 2.06. The first-order valence-electron chi connectivity index (χ1n) is 4.18. The third kappa shape index (κ3) is 1.56. The van der Waals surface area contributed by atoms with Gasteiger partial charge in [-0.05, 0) is 31.5 Å². The SMILES string of the molecule is Cc1cc(C)c2cc(Cl)c(Cl)nc2n1. The summed E-state index contributed by atoms with van der Waals surface area (Å²) in [6, 6.07) is 3.79. The van der Waals surface area contributed by atoms with Gasteiger partial charge in [-0.15, -0.1) is 0 Å². The second kappa shape index (κ2) is 3.37. The lowest BCUT2D eigenvalue weighted by molar-refractivity contribution is 1.19. The van der Waals surface area contributed by atoms with Crippen LogP contribution in [0.1, 0.15) is 11.3 Å². The number of nitrogens with zero attached hydrogens (tertiary/aromatic N) is 2. The average Bonchev–Trinajstić information content (AvgIpc) is 2.08. The summed E-state index contributed by atoms with van der Waals surface area (Å²) in [6.45, 7) is 3.93. The van der Waals surface area contributed by atoms with E-state index in [9.17, 15) is 0 Å². The number of hydrogen-bond donors (Lipinski definition) is 0. The molecule has 0 radical (unpaired) electrons. The maximum Gasteiger partial charge on any atom is 0.161 e. The van der Waals surface area contributed by atoms with Crippen LogP contribution in [-0.2, 0) is 0 Å². The van der Waals surface area contributed by atoms with Crippen molar-refractivity contribution in [3.8, 4) is 0 Å². The molecule has 0 saturated heterocycles. The Hall–Kier alpha value is -0.860. The number of aromatic nitrogens is 2. The number of halogens is 2. The third-order valence-corrected chi connectivity index (χ3v) is 2.72. The van der Waals surface area contributed by atoms with Crippen LogP contribution in [0, 0.1) is 13.8 Å². The van der Waals surface area contributed by atoms with Gasteiger partial charge in [-0.2, -0.15) is 0 Å². The van der Waals surface area contributed by atoms with E-state index in [0.717, 1.165) is 16.6 Å². The van der Waals surface area contributed by atoms with Crippen molar-refractivity contribution in [1.82, 2.24) is 9.97 Å². The normalized spacial score (nSPS) is 10.9. The number of pyridine rings is 2. The molecule has 0 unspecified atom stereocenters. The summed E-state index contributed by atoms with van der Waals surface area (Å²) in [4.78, 5) is 8.40. The summed E-state index contributed by atoms with van der Waals surface area (Å²) in [5, 5.41) is 1.72. The second-order valence-electron chi connectivity index (χ2n) is 3.21. The maximum atomic E-state index is 5.88. The Balaban J connectivity index is 2.89. The standard InChI is InChI=1S/C10H8Cl2N2/c1-5-3-6(2)13-10-7(5)4-8(11)9(12)14-10/h3-4H,1-2H3. The Morgan fingerprint density at radius 1 is 1.07 bits per heavy atom. The second-order valence-corrected chi connectivity index (χ2v) is 3.98. The van der Waals surface area contributed by atoms with Crippen molar-refractivity contribution in [2.75, 3.05) is 0 Å². The average molecular weight is 227 g/mol. The Morgan fingerprint density at radius 2 is 1.79 bits per heavy atom. The van der Waals surface area contributed by atoms with Crippen molar-refractivity contribution in [3.05, 3.63) is 33.6 Å². The molecule has 0 atom stereocenters. The van der Waals surface area contributed by atoms with Crippen LogP contribution in [0.2, 0.25) is 10.2 Å². The number of aryl methyl sites for hydroxylation is 2. The van der Waals surface area contributed by atoms with Crippen LogP contribution in [0.25, 0.3) is 11.0 Å². The minimum absolute atomic E-state index is 0.302. The molecular formula is C10H8Cl2N2. The first-order chi connectivity index (χ1) is 6.58. The fourth-order valence-electron chi connectivity index (χ4n) is 1.42. The van der Waals surface area contributed by atoms with Crippen molar-refractivity contribution in [1.29, 1.82) is 0 Å². The lowest BCUT2D eigenvalue weighted by Crippen LogP contribution is -1.91. The van der Waals surface area contributed by atoms with E-state index in [2.05, 4.69) is 9.97 Å². The molecule has 0 N–H and O–H groups in total. The first-order valence-corrected chi connectivity index (χ1v) is 4.93. The van der Waals surface area contributed by atoms with E-state index in [1.54, 1.807) is 6.07 Å². The highest BCUT2D eigenvalue weighted by Crippen LogP contribution is 2.25. The third-order valence-electron chi connectivity index (χ3n) is 2.05. The first kappa shape index (κ1) is 9.69. The molecule has 2 aromatic rings. The molecule has 2 rings (SSSR count). The topological polar surface area (TPSA) is 25.8 Å². The number of fused-ring (bicyclic) bond motifs is 1. The van der Waals surface area contributed by atoms with E-state index >= 15 is 0 Å². The van der Waals surface area contributed by atoms with Gasteiger partial charge in [0, 0.05) is 11.1 Å². The van der Waals surface area contributed by atoms with Crippen LogP contribution >= 0.6 is 23.2 Å². The van der Waals surface area contributed by atoms with Crippen molar-refractivity contribution >= 4 is 34.2 Å². The van der Waals surface area contributed by atoms with Crippen molar-refractivity contribution in [3.63, 3.8) is 0 Å². The zero-order chi connectivity index (χ0) is 10.3. The summed E-state index contributed by atoms with van der Waals surface area (Å²) < 4.78 is 0. The van der Waals surface area contributed by atoms with Crippen LogP contribution in [0.5, 0.6) is 0 Å². The Kier molecular flexibility index (Phi) is 2.33. The Bertz CT molecular complexity index is 509. The fourth-order valence-corrected chi connectivity index (χ4v) is 1.71. The summed E-state index contributed by atoms with van der Waals surface area (Å²) in [5.41, 5.74) is 2.69. The van der Waals surface area contributed by atoms with Crippen molar-refractivity contribution in [2.24, 2.45) is 0 Å². The van der Waals surface area contributed by atoms with E-state index in [4.69, 9.17) is 23.2 Å². The monoisotopic (exact) mass is 226 g/mol. The minimum atomic E-state index is 0.302. The lowest BCUT2D eigenvalue weighted by atomic mass is 10.1. The molecule has 4 heteroatoms. The van der Waals surface area contributed by atoms with Gasteiger partial charge in [0.1, 0.15) is 5.15 Å². The van der Waals surface area contributed by atoms with Crippen LogP contribution in [0.4, 0.5) is 0 Å². The molecular weight excluding hydrogens is 219 g/mol. The zero-order valence-corrected chi connectivity index (χ0v) is 9.32. The number of hydrogen-bond acceptors (Lipinski definition) is 2. The maximum absolute atomic E-state index is 5.88. The molecule has 2 heterocycles. The van der Waals surface area contributed by atoms with E-state index in [-0.39, 0.29) is 0 Å².